The fourth-order valence-electron chi connectivity index (χ4n) is 3.29. The van der Waals surface area contributed by atoms with E-state index in [9.17, 15) is 12.8 Å². The molecule has 1 aliphatic heterocycles. The lowest BCUT2D eigenvalue weighted by Gasteiger charge is -2.13. The van der Waals surface area contributed by atoms with Crippen LogP contribution in [0.15, 0.2) is 52.4 Å². The Kier molecular flexibility index (Phi) is 10.3. The monoisotopic (exact) mass is 576 g/mol. The Bertz CT molecular complexity index is 1010. The van der Waals surface area contributed by atoms with Gasteiger partial charge in [-0.15, -0.1) is 24.0 Å². The number of aliphatic imine (C=N–C) groups is 1. The van der Waals surface area contributed by atoms with E-state index in [1.807, 2.05) is 0 Å². The number of benzene rings is 2. The van der Waals surface area contributed by atoms with Crippen molar-refractivity contribution in [2.45, 2.75) is 43.9 Å². The second-order valence-electron chi connectivity index (χ2n) is 7.49. The van der Waals surface area contributed by atoms with E-state index in [2.05, 4.69) is 20.3 Å². The predicted octanol–water partition coefficient (Wildman–Crippen LogP) is 3.07. The van der Waals surface area contributed by atoms with Crippen molar-refractivity contribution in [3.8, 4) is 0 Å². The van der Waals surface area contributed by atoms with E-state index in [4.69, 9.17) is 4.74 Å². The minimum absolute atomic E-state index is 0. The SMILES string of the molecule is CN=C(NCc1ccc(S(=O)(=O)NCC2CCCO2)cc1)NCc1ccc(F)c(C)c1.I. The van der Waals surface area contributed by atoms with Gasteiger partial charge in [0.2, 0.25) is 10.0 Å². The molecular weight excluding hydrogens is 546 g/mol. The summed E-state index contributed by atoms with van der Waals surface area (Å²) in [5.41, 5.74) is 2.47. The van der Waals surface area contributed by atoms with Gasteiger partial charge in [0, 0.05) is 33.3 Å². The smallest absolute Gasteiger partial charge is 0.240 e. The quantitative estimate of drug-likeness (QED) is 0.255. The Labute approximate surface area is 206 Å². The van der Waals surface area contributed by atoms with Crippen molar-refractivity contribution in [2.24, 2.45) is 4.99 Å². The first kappa shape index (κ1) is 26.5. The first-order chi connectivity index (χ1) is 14.9. The first-order valence-electron chi connectivity index (χ1n) is 10.3. The van der Waals surface area contributed by atoms with Gasteiger partial charge >= 0.3 is 0 Å². The minimum Gasteiger partial charge on any atom is -0.377 e. The molecule has 3 rings (SSSR count). The maximum absolute atomic E-state index is 13.4. The summed E-state index contributed by atoms with van der Waals surface area (Å²) in [6.07, 6.45) is 1.80. The Morgan fingerprint density at radius 1 is 1.12 bits per heavy atom. The zero-order chi connectivity index (χ0) is 22.3. The van der Waals surface area contributed by atoms with E-state index in [-0.39, 0.29) is 40.8 Å². The number of guanidine groups is 1. The van der Waals surface area contributed by atoms with Crippen molar-refractivity contribution in [1.82, 2.24) is 15.4 Å². The van der Waals surface area contributed by atoms with Gasteiger partial charge in [-0.2, -0.15) is 0 Å². The predicted molar refractivity (Wildman–Crippen MR) is 134 cm³/mol. The van der Waals surface area contributed by atoms with Crippen LogP contribution in [0.4, 0.5) is 4.39 Å². The minimum atomic E-state index is -3.56. The molecule has 2 aromatic carbocycles. The van der Waals surface area contributed by atoms with Crippen LogP contribution in [-0.4, -0.2) is 40.7 Å². The van der Waals surface area contributed by atoms with Gasteiger partial charge in [-0.1, -0.05) is 24.3 Å². The van der Waals surface area contributed by atoms with Crippen LogP contribution in [0.1, 0.15) is 29.5 Å². The molecule has 0 radical (unpaired) electrons. The van der Waals surface area contributed by atoms with E-state index in [0.717, 1.165) is 24.0 Å². The molecule has 7 nitrogen and oxygen atoms in total. The van der Waals surface area contributed by atoms with Crippen molar-refractivity contribution in [3.05, 3.63) is 65.0 Å². The van der Waals surface area contributed by atoms with Crippen molar-refractivity contribution >= 4 is 40.0 Å². The molecule has 1 saturated heterocycles. The second kappa shape index (κ2) is 12.5. The van der Waals surface area contributed by atoms with Gasteiger partial charge in [0.25, 0.3) is 0 Å². The highest BCUT2D eigenvalue weighted by Gasteiger charge is 2.20. The number of sulfonamides is 1. The van der Waals surface area contributed by atoms with Gasteiger partial charge < -0.3 is 15.4 Å². The van der Waals surface area contributed by atoms with Crippen molar-refractivity contribution in [3.63, 3.8) is 0 Å². The number of nitrogens with zero attached hydrogens (tertiary/aromatic N) is 1. The number of aryl methyl sites for hydroxylation is 1. The van der Waals surface area contributed by atoms with Crippen LogP contribution in [0, 0.1) is 12.7 Å². The molecule has 10 heteroatoms. The van der Waals surface area contributed by atoms with E-state index in [1.165, 1.54) is 6.07 Å². The number of rotatable bonds is 8. The highest BCUT2D eigenvalue weighted by molar-refractivity contribution is 14.0. The lowest BCUT2D eigenvalue weighted by molar-refractivity contribution is 0.114. The molecule has 1 fully saturated rings. The summed E-state index contributed by atoms with van der Waals surface area (Å²) in [5, 5.41) is 6.37. The Hall–Kier alpha value is -1.76. The molecule has 3 N–H and O–H groups in total. The number of halogens is 2. The topological polar surface area (TPSA) is 91.8 Å². The van der Waals surface area contributed by atoms with Crippen LogP contribution >= 0.6 is 24.0 Å². The molecule has 1 unspecified atom stereocenters. The molecular formula is C22H30FIN4O3S. The van der Waals surface area contributed by atoms with Crippen LogP contribution < -0.4 is 15.4 Å². The van der Waals surface area contributed by atoms with Crippen LogP contribution in [0.25, 0.3) is 0 Å². The molecule has 0 amide bonds. The molecule has 1 aliphatic rings. The molecule has 2 aromatic rings. The van der Waals surface area contributed by atoms with Crippen LogP contribution in [0.2, 0.25) is 0 Å². The third-order valence-corrected chi connectivity index (χ3v) is 6.56. The summed E-state index contributed by atoms with van der Waals surface area (Å²) in [6.45, 7) is 3.70. The lowest BCUT2D eigenvalue weighted by Crippen LogP contribution is -2.36. The molecule has 1 atom stereocenters. The van der Waals surface area contributed by atoms with Gasteiger partial charge in [-0.3, -0.25) is 4.99 Å². The Morgan fingerprint density at radius 3 is 2.38 bits per heavy atom. The number of hydrogen-bond acceptors (Lipinski definition) is 4. The van der Waals surface area contributed by atoms with Gasteiger partial charge in [0.05, 0.1) is 11.0 Å². The Balaban J connectivity index is 0.00000363. The van der Waals surface area contributed by atoms with Gasteiger partial charge in [0.1, 0.15) is 5.82 Å². The molecule has 0 aromatic heterocycles. The van der Waals surface area contributed by atoms with E-state index < -0.39 is 10.0 Å². The molecule has 176 valence electrons. The molecule has 0 bridgehead atoms. The third kappa shape index (κ3) is 7.68. The van der Waals surface area contributed by atoms with Crippen molar-refractivity contribution in [2.75, 3.05) is 20.2 Å². The summed E-state index contributed by atoms with van der Waals surface area (Å²) < 4.78 is 46.3. The first-order valence-corrected chi connectivity index (χ1v) is 11.8. The Morgan fingerprint density at radius 2 is 1.78 bits per heavy atom. The second-order valence-corrected chi connectivity index (χ2v) is 9.26. The van der Waals surface area contributed by atoms with E-state index in [0.29, 0.717) is 37.8 Å². The van der Waals surface area contributed by atoms with E-state index >= 15 is 0 Å². The normalized spacial score (nSPS) is 16.5. The van der Waals surface area contributed by atoms with Crippen LogP contribution in [0.5, 0.6) is 0 Å². The highest BCUT2D eigenvalue weighted by atomic mass is 127. The zero-order valence-corrected chi connectivity index (χ0v) is 21.4. The van der Waals surface area contributed by atoms with E-state index in [1.54, 1.807) is 50.4 Å². The van der Waals surface area contributed by atoms with Crippen molar-refractivity contribution in [1.29, 1.82) is 0 Å². The fraction of sp³-hybridized carbons (Fsp3) is 0.409. The van der Waals surface area contributed by atoms with Gasteiger partial charge in [0.15, 0.2) is 5.96 Å². The third-order valence-electron chi connectivity index (χ3n) is 5.12. The maximum atomic E-state index is 13.4. The van der Waals surface area contributed by atoms with Crippen molar-refractivity contribution < 1.29 is 17.5 Å². The summed E-state index contributed by atoms with van der Waals surface area (Å²) >= 11 is 0. The summed E-state index contributed by atoms with van der Waals surface area (Å²) in [4.78, 5) is 4.41. The summed E-state index contributed by atoms with van der Waals surface area (Å²) in [5.74, 6) is 0.371. The van der Waals surface area contributed by atoms with Crippen LogP contribution in [0.3, 0.4) is 0 Å². The lowest BCUT2D eigenvalue weighted by atomic mass is 10.1. The largest absolute Gasteiger partial charge is 0.377 e. The average molecular weight is 576 g/mol. The number of hydrogen-bond donors (Lipinski definition) is 3. The fourth-order valence-corrected chi connectivity index (χ4v) is 4.35. The average Bonchev–Trinajstić information content (AvgIpc) is 3.29. The summed E-state index contributed by atoms with van der Waals surface area (Å²) in [6, 6.07) is 11.7. The number of nitrogens with one attached hydrogen (secondary N) is 3. The molecule has 0 spiro atoms. The zero-order valence-electron chi connectivity index (χ0n) is 18.2. The maximum Gasteiger partial charge on any atom is 0.240 e. The summed E-state index contributed by atoms with van der Waals surface area (Å²) in [7, 11) is -1.89. The standard InChI is InChI=1S/C22H29FN4O3S.HI/c1-16-12-18(7-10-21(16)23)14-26-22(24-2)25-13-17-5-8-20(9-6-17)31(28,29)27-15-19-4-3-11-30-19;/h5-10,12,19,27H,3-4,11,13-15H2,1-2H3,(H2,24,25,26);1H. The van der Waals surface area contributed by atoms with Crippen LogP contribution in [-0.2, 0) is 27.8 Å². The number of ether oxygens (including phenoxy) is 1. The molecule has 1 heterocycles. The molecule has 0 aliphatic carbocycles. The molecule has 32 heavy (non-hydrogen) atoms. The highest BCUT2D eigenvalue weighted by Crippen LogP contribution is 2.14. The van der Waals surface area contributed by atoms with Gasteiger partial charge in [-0.25, -0.2) is 17.5 Å². The van der Waals surface area contributed by atoms with Gasteiger partial charge in [-0.05, 0) is 54.7 Å². The molecule has 0 saturated carbocycles.